The van der Waals surface area contributed by atoms with Crippen molar-refractivity contribution in [2.75, 3.05) is 0 Å². The predicted molar refractivity (Wildman–Crippen MR) is 246 cm³/mol. The van der Waals surface area contributed by atoms with E-state index in [9.17, 15) is 0 Å². The highest BCUT2D eigenvalue weighted by Gasteiger charge is 2.41. The molecule has 0 saturated heterocycles. The average molecular weight is 757 g/mol. The van der Waals surface area contributed by atoms with Crippen molar-refractivity contribution in [3.05, 3.63) is 218 Å². The summed E-state index contributed by atoms with van der Waals surface area (Å²) in [6, 6.07) is 80.3. The van der Waals surface area contributed by atoms with Gasteiger partial charge in [-0.1, -0.05) is 158 Å². The zero-order valence-corrected chi connectivity index (χ0v) is 32.6. The molecule has 0 fully saturated rings. The summed E-state index contributed by atoms with van der Waals surface area (Å²) < 4.78 is 11.3. The third-order valence-electron chi connectivity index (χ3n) is 12.3. The fourth-order valence-electron chi connectivity index (χ4n) is 9.85. The van der Waals surface area contributed by atoms with Gasteiger partial charge in [-0.3, -0.25) is 0 Å². The number of hydrogen-bond donors (Lipinski definition) is 0. The molecule has 0 spiro atoms. The molecule has 0 aliphatic heterocycles. The monoisotopic (exact) mass is 756 g/mol. The first-order valence-corrected chi connectivity index (χ1v) is 21.9. The van der Waals surface area contributed by atoms with Gasteiger partial charge in [-0.2, -0.15) is 0 Å². The summed E-state index contributed by atoms with van der Waals surface area (Å²) in [4.78, 5) is 0. The van der Waals surface area contributed by atoms with E-state index in [1.807, 2.05) is 6.07 Å². The van der Waals surface area contributed by atoms with Crippen LogP contribution in [0, 0.1) is 0 Å². The molecular formula is C54H36N2OSi. The number of aromatic nitrogens is 2. The molecule has 58 heavy (non-hydrogen) atoms. The fraction of sp³-hybridized carbons (Fsp3) is 0. The molecule has 3 heterocycles. The maximum absolute atomic E-state index is 6.43. The Balaban J connectivity index is 1.12. The molecule has 3 nitrogen and oxygen atoms in total. The van der Waals surface area contributed by atoms with Gasteiger partial charge in [0.25, 0.3) is 0 Å². The number of fused-ring (bicyclic) bond motifs is 10. The van der Waals surface area contributed by atoms with Gasteiger partial charge in [0, 0.05) is 38.3 Å². The van der Waals surface area contributed by atoms with Crippen molar-refractivity contribution in [1.82, 2.24) is 9.13 Å². The van der Waals surface area contributed by atoms with Gasteiger partial charge in [0.05, 0.1) is 27.5 Å². The molecular weight excluding hydrogens is 721 g/mol. The van der Waals surface area contributed by atoms with Crippen LogP contribution in [0.2, 0.25) is 0 Å². The zero-order valence-electron chi connectivity index (χ0n) is 31.6. The lowest BCUT2D eigenvalue weighted by atomic mass is 10.1. The molecule has 0 aliphatic rings. The lowest BCUT2D eigenvalue weighted by Crippen LogP contribution is -2.74. The van der Waals surface area contributed by atoms with Crippen LogP contribution in [0.25, 0.3) is 76.9 Å². The van der Waals surface area contributed by atoms with E-state index < -0.39 is 8.07 Å². The summed E-state index contributed by atoms with van der Waals surface area (Å²) in [5, 5.41) is 12.6. The first-order valence-electron chi connectivity index (χ1n) is 19.9. The van der Waals surface area contributed by atoms with Crippen molar-refractivity contribution < 1.29 is 4.42 Å². The molecule has 272 valence electrons. The smallest absolute Gasteiger partial charge is 0.179 e. The number of furan rings is 1. The second-order valence-electron chi connectivity index (χ2n) is 15.2. The van der Waals surface area contributed by atoms with Gasteiger partial charge in [-0.25, -0.2) is 0 Å². The molecule has 12 rings (SSSR count). The summed E-state index contributed by atoms with van der Waals surface area (Å²) in [6.07, 6.45) is 0. The van der Waals surface area contributed by atoms with Gasteiger partial charge in [-0.15, -0.1) is 0 Å². The van der Waals surface area contributed by atoms with E-state index >= 15 is 0 Å². The Kier molecular flexibility index (Phi) is 7.25. The Morgan fingerprint density at radius 3 is 1.45 bits per heavy atom. The van der Waals surface area contributed by atoms with Crippen LogP contribution in [-0.4, -0.2) is 17.2 Å². The van der Waals surface area contributed by atoms with Gasteiger partial charge >= 0.3 is 0 Å². The molecule has 0 radical (unpaired) electrons. The van der Waals surface area contributed by atoms with Gasteiger partial charge in [0.2, 0.25) is 0 Å². The van der Waals surface area contributed by atoms with Crippen molar-refractivity contribution in [3.8, 4) is 11.4 Å². The molecule has 9 aromatic carbocycles. The number of para-hydroxylation sites is 4. The van der Waals surface area contributed by atoms with Crippen LogP contribution in [-0.2, 0) is 0 Å². The van der Waals surface area contributed by atoms with Gasteiger partial charge < -0.3 is 13.6 Å². The quantitative estimate of drug-likeness (QED) is 0.122. The van der Waals surface area contributed by atoms with E-state index in [2.05, 4.69) is 221 Å². The van der Waals surface area contributed by atoms with Crippen molar-refractivity contribution in [2.45, 2.75) is 0 Å². The molecule has 0 amide bonds. The Bertz CT molecular complexity index is 3410. The normalized spacial score (nSPS) is 12.1. The zero-order chi connectivity index (χ0) is 38.2. The minimum absolute atomic E-state index is 0.900. The van der Waals surface area contributed by atoms with Crippen LogP contribution in [0.1, 0.15) is 0 Å². The van der Waals surface area contributed by atoms with E-state index in [4.69, 9.17) is 4.42 Å². The minimum atomic E-state index is -2.90. The van der Waals surface area contributed by atoms with Crippen LogP contribution >= 0.6 is 0 Å². The third kappa shape index (κ3) is 4.67. The predicted octanol–water partition coefficient (Wildman–Crippen LogP) is 11.2. The summed E-state index contributed by atoms with van der Waals surface area (Å²) in [7, 11) is -2.90. The van der Waals surface area contributed by atoms with Gasteiger partial charge in [0.1, 0.15) is 11.2 Å². The topological polar surface area (TPSA) is 23.0 Å². The maximum atomic E-state index is 6.43. The van der Waals surface area contributed by atoms with Gasteiger partial charge in [-0.05, 0) is 81.4 Å². The molecule has 3 aromatic heterocycles. The second kappa shape index (κ2) is 12.8. The Hall–Kier alpha value is -7.40. The average Bonchev–Trinajstić information content (AvgIpc) is 3.96. The highest BCUT2D eigenvalue weighted by Crippen LogP contribution is 2.40. The molecule has 0 unspecified atom stereocenters. The SMILES string of the molecule is c1ccc([Si](c2ccccc2)(c2ccc(-n3c4ccccc4c4ccc5oc6ccccc6c5c43)cc2)c2cccc(-n3c4ccccc4c4ccccc43)c2)cc1. The van der Waals surface area contributed by atoms with E-state index in [1.165, 1.54) is 64.4 Å². The third-order valence-corrected chi connectivity index (χ3v) is 17.0. The van der Waals surface area contributed by atoms with Crippen LogP contribution in [0.5, 0.6) is 0 Å². The Labute approximate surface area is 336 Å². The Morgan fingerprint density at radius 1 is 0.310 bits per heavy atom. The summed E-state index contributed by atoms with van der Waals surface area (Å²) in [5.41, 5.74) is 8.86. The highest BCUT2D eigenvalue weighted by molar-refractivity contribution is 7.19. The van der Waals surface area contributed by atoms with E-state index in [0.29, 0.717) is 0 Å². The van der Waals surface area contributed by atoms with E-state index in [-0.39, 0.29) is 0 Å². The van der Waals surface area contributed by atoms with Crippen molar-refractivity contribution in [3.63, 3.8) is 0 Å². The number of benzene rings is 9. The lowest BCUT2D eigenvalue weighted by molar-refractivity contribution is 0.669. The summed E-state index contributed by atoms with van der Waals surface area (Å²) >= 11 is 0. The first kappa shape index (κ1) is 32.8. The molecule has 0 bridgehead atoms. The van der Waals surface area contributed by atoms with Crippen LogP contribution in [0.15, 0.2) is 223 Å². The molecule has 0 N–H and O–H groups in total. The van der Waals surface area contributed by atoms with Crippen LogP contribution in [0.3, 0.4) is 0 Å². The highest BCUT2D eigenvalue weighted by atomic mass is 28.3. The van der Waals surface area contributed by atoms with Crippen LogP contribution < -0.4 is 20.7 Å². The van der Waals surface area contributed by atoms with Crippen LogP contribution in [0.4, 0.5) is 0 Å². The van der Waals surface area contributed by atoms with E-state index in [0.717, 1.165) is 33.3 Å². The molecule has 4 heteroatoms. The van der Waals surface area contributed by atoms with Crippen molar-refractivity contribution in [1.29, 1.82) is 0 Å². The summed E-state index contributed by atoms with van der Waals surface area (Å²) in [5.74, 6) is 0. The first-order chi connectivity index (χ1) is 28.8. The molecule has 0 atom stereocenters. The fourth-order valence-corrected chi connectivity index (χ4v) is 14.6. The van der Waals surface area contributed by atoms with Crippen molar-refractivity contribution in [2.24, 2.45) is 0 Å². The number of rotatable bonds is 6. The summed E-state index contributed by atoms with van der Waals surface area (Å²) in [6.45, 7) is 0. The standard InChI is InChI=1S/C54H36N2OSi/c1-3-17-39(18-4-1)58(40-19-5-2-6-20-40,42-21-15-16-38(36-42)55-48-26-11-7-22-43(48)44-23-8-12-27-49(44)55)41-32-30-37(31-33-41)56-50-28-13-9-24-45(50)46-34-35-52-53(54(46)56)47-25-10-14-29-51(47)57-52/h1-36H. The second-order valence-corrected chi connectivity index (χ2v) is 19.0. The van der Waals surface area contributed by atoms with E-state index in [1.54, 1.807) is 0 Å². The minimum Gasteiger partial charge on any atom is -0.456 e. The number of hydrogen-bond acceptors (Lipinski definition) is 1. The van der Waals surface area contributed by atoms with Gasteiger partial charge in [0.15, 0.2) is 8.07 Å². The Morgan fingerprint density at radius 2 is 0.810 bits per heavy atom. The molecule has 12 aromatic rings. The lowest BCUT2D eigenvalue weighted by Gasteiger charge is -2.35. The molecule has 0 saturated carbocycles. The molecule has 0 aliphatic carbocycles. The largest absolute Gasteiger partial charge is 0.456 e. The number of nitrogens with zero attached hydrogens (tertiary/aromatic N) is 2. The van der Waals surface area contributed by atoms with Crippen molar-refractivity contribution >= 4 is 94.4 Å². The maximum Gasteiger partial charge on any atom is 0.179 e.